The summed E-state index contributed by atoms with van der Waals surface area (Å²) in [5.74, 6) is -0.102. The third kappa shape index (κ3) is 5.59. The van der Waals surface area contributed by atoms with Crippen LogP contribution in [0, 0.1) is 0 Å². The van der Waals surface area contributed by atoms with Crippen molar-refractivity contribution >= 4 is 35.3 Å². The summed E-state index contributed by atoms with van der Waals surface area (Å²) in [5, 5.41) is 4.86. The van der Waals surface area contributed by atoms with Crippen molar-refractivity contribution in [2.45, 2.75) is 32.1 Å². The lowest BCUT2D eigenvalue weighted by atomic mass is 10.1. The molecule has 1 aliphatic rings. The molecule has 0 unspecified atom stereocenters. The first-order valence-electron chi connectivity index (χ1n) is 7.65. The Kier molecular flexibility index (Phi) is 7.16. The number of hydrogen-bond acceptors (Lipinski definition) is 3. The van der Waals surface area contributed by atoms with Gasteiger partial charge in [0, 0.05) is 5.56 Å². The zero-order valence-corrected chi connectivity index (χ0v) is 14.0. The van der Waals surface area contributed by atoms with E-state index >= 15 is 0 Å². The van der Waals surface area contributed by atoms with Gasteiger partial charge in [0.05, 0.1) is 22.8 Å². The van der Waals surface area contributed by atoms with Crippen LogP contribution in [0.5, 0.6) is 0 Å². The molecule has 0 aliphatic carbocycles. The van der Waals surface area contributed by atoms with Gasteiger partial charge in [0.25, 0.3) is 5.91 Å². The van der Waals surface area contributed by atoms with Crippen LogP contribution in [0.15, 0.2) is 23.3 Å². The summed E-state index contributed by atoms with van der Waals surface area (Å²) in [6.45, 7) is 2.36. The Hall–Kier alpha value is -1.10. The van der Waals surface area contributed by atoms with Gasteiger partial charge in [-0.15, -0.1) is 0 Å². The van der Waals surface area contributed by atoms with E-state index in [4.69, 9.17) is 23.2 Å². The molecule has 0 bridgehead atoms. The molecule has 1 aromatic rings. The molecule has 6 heteroatoms. The van der Waals surface area contributed by atoms with E-state index in [2.05, 4.69) is 15.4 Å². The smallest absolute Gasteiger partial charge is 0.254 e. The number of likely N-dealkylation sites (tertiary alicyclic amines) is 1. The van der Waals surface area contributed by atoms with E-state index in [9.17, 15) is 4.79 Å². The number of carbonyl (C=O) groups excluding carboxylic acids is 1. The molecule has 0 aromatic heterocycles. The fourth-order valence-electron chi connectivity index (χ4n) is 2.50. The van der Waals surface area contributed by atoms with Crippen LogP contribution >= 0.6 is 23.2 Å². The highest BCUT2D eigenvalue weighted by Crippen LogP contribution is 2.24. The number of amides is 1. The van der Waals surface area contributed by atoms with Crippen molar-refractivity contribution in [1.29, 1.82) is 0 Å². The Labute approximate surface area is 141 Å². The highest BCUT2D eigenvalue weighted by Gasteiger charge is 2.11. The third-order valence-electron chi connectivity index (χ3n) is 3.69. The summed E-state index contributed by atoms with van der Waals surface area (Å²) in [4.78, 5) is 14.1. The summed E-state index contributed by atoms with van der Waals surface area (Å²) >= 11 is 12.0. The Morgan fingerprint density at radius 2 is 1.86 bits per heavy atom. The van der Waals surface area contributed by atoms with Crippen molar-refractivity contribution < 1.29 is 4.79 Å². The third-order valence-corrected chi connectivity index (χ3v) is 4.52. The quantitative estimate of drug-likeness (QED) is 0.670. The van der Waals surface area contributed by atoms with Crippen LogP contribution in [0.4, 0.5) is 0 Å². The molecule has 1 aliphatic heterocycles. The lowest BCUT2D eigenvalue weighted by molar-refractivity contribution is -0.122. The largest absolute Gasteiger partial charge is 0.294 e. The number of rotatable bonds is 4. The molecule has 1 aromatic carbocycles. The van der Waals surface area contributed by atoms with Crippen molar-refractivity contribution in [3.05, 3.63) is 33.8 Å². The molecule has 1 saturated heterocycles. The Morgan fingerprint density at radius 3 is 2.59 bits per heavy atom. The summed E-state index contributed by atoms with van der Waals surface area (Å²) in [5.41, 5.74) is 3.23. The van der Waals surface area contributed by atoms with Crippen LogP contribution in [-0.4, -0.2) is 36.7 Å². The van der Waals surface area contributed by atoms with E-state index < -0.39 is 0 Å². The topological polar surface area (TPSA) is 44.7 Å². The molecule has 0 spiro atoms. The van der Waals surface area contributed by atoms with Crippen molar-refractivity contribution in [3.63, 3.8) is 0 Å². The van der Waals surface area contributed by atoms with E-state index in [1.165, 1.54) is 25.5 Å². The fourth-order valence-corrected chi connectivity index (χ4v) is 2.86. The molecule has 2 rings (SSSR count). The molecule has 4 nitrogen and oxygen atoms in total. The molecule has 0 radical (unpaired) electrons. The SMILES string of the molecule is O=C(CN1CCCCCCC1)N/N=C\c1cccc(Cl)c1Cl. The lowest BCUT2D eigenvalue weighted by Gasteiger charge is -2.23. The number of hydrogen-bond donors (Lipinski definition) is 1. The molecule has 0 atom stereocenters. The van der Waals surface area contributed by atoms with Crippen LogP contribution in [0.25, 0.3) is 0 Å². The van der Waals surface area contributed by atoms with Crippen molar-refractivity contribution in [2.75, 3.05) is 19.6 Å². The van der Waals surface area contributed by atoms with Crippen molar-refractivity contribution in [3.8, 4) is 0 Å². The van der Waals surface area contributed by atoms with Gasteiger partial charge < -0.3 is 0 Å². The molecule has 0 saturated carbocycles. The molecular weight excluding hydrogens is 321 g/mol. The molecular formula is C16H21Cl2N3O. The highest BCUT2D eigenvalue weighted by molar-refractivity contribution is 6.43. The minimum Gasteiger partial charge on any atom is -0.294 e. The van der Waals surface area contributed by atoms with Crippen LogP contribution in [0.2, 0.25) is 10.0 Å². The predicted octanol–water partition coefficient (Wildman–Crippen LogP) is 3.71. The fraction of sp³-hybridized carbons (Fsp3) is 0.500. The van der Waals surface area contributed by atoms with E-state index in [-0.39, 0.29) is 5.91 Å². The summed E-state index contributed by atoms with van der Waals surface area (Å²) in [7, 11) is 0. The van der Waals surface area contributed by atoms with Crippen LogP contribution in [0.3, 0.4) is 0 Å². The maximum absolute atomic E-state index is 11.9. The van der Waals surface area contributed by atoms with E-state index in [1.807, 2.05) is 0 Å². The lowest BCUT2D eigenvalue weighted by Crippen LogP contribution is -2.37. The number of benzene rings is 1. The van der Waals surface area contributed by atoms with Gasteiger partial charge in [-0.3, -0.25) is 9.69 Å². The van der Waals surface area contributed by atoms with Crippen LogP contribution in [0.1, 0.15) is 37.7 Å². The van der Waals surface area contributed by atoms with Crippen molar-refractivity contribution in [1.82, 2.24) is 10.3 Å². The van der Waals surface area contributed by atoms with E-state index in [1.54, 1.807) is 18.2 Å². The maximum Gasteiger partial charge on any atom is 0.254 e. The average Bonchev–Trinajstić information content (AvgIpc) is 2.46. The minimum absolute atomic E-state index is 0.102. The van der Waals surface area contributed by atoms with E-state index in [0.29, 0.717) is 22.2 Å². The molecule has 1 heterocycles. The Morgan fingerprint density at radius 1 is 1.18 bits per heavy atom. The molecule has 22 heavy (non-hydrogen) atoms. The molecule has 120 valence electrons. The van der Waals surface area contributed by atoms with Gasteiger partial charge in [-0.1, -0.05) is 54.6 Å². The minimum atomic E-state index is -0.102. The van der Waals surface area contributed by atoms with Gasteiger partial charge in [-0.25, -0.2) is 5.43 Å². The van der Waals surface area contributed by atoms with Gasteiger partial charge in [-0.2, -0.15) is 5.10 Å². The normalized spacial score (nSPS) is 17.2. The van der Waals surface area contributed by atoms with Gasteiger partial charge in [0.15, 0.2) is 0 Å². The zero-order valence-electron chi connectivity index (χ0n) is 12.5. The van der Waals surface area contributed by atoms with Gasteiger partial charge in [-0.05, 0) is 32.0 Å². The first-order valence-corrected chi connectivity index (χ1v) is 8.40. The predicted molar refractivity (Wildman–Crippen MR) is 91.7 cm³/mol. The second-order valence-corrected chi connectivity index (χ2v) is 6.27. The van der Waals surface area contributed by atoms with E-state index in [0.717, 1.165) is 25.9 Å². The highest BCUT2D eigenvalue weighted by atomic mass is 35.5. The average molecular weight is 342 g/mol. The van der Waals surface area contributed by atoms with Gasteiger partial charge in [0.2, 0.25) is 0 Å². The monoisotopic (exact) mass is 341 g/mol. The number of nitrogens with zero attached hydrogens (tertiary/aromatic N) is 2. The molecule has 1 amide bonds. The first-order chi connectivity index (χ1) is 10.7. The Bertz CT molecular complexity index is 526. The number of hydrazone groups is 1. The zero-order chi connectivity index (χ0) is 15.8. The summed E-state index contributed by atoms with van der Waals surface area (Å²) in [6, 6.07) is 5.29. The van der Waals surface area contributed by atoms with Gasteiger partial charge >= 0.3 is 0 Å². The molecule has 1 N–H and O–H groups in total. The summed E-state index contributed by atoms with van der Waals surface area (Å²) in [6.07, 6.45) is 7.65. The number of carbonyl (C=O) groups is 1. The van der Waals surface area contributed by atoms with Crippen LogP contribution < -0.4 is 5.43 Å². The summed E-state index contributed by atoms with van der Waals surface area (Å²) < 4.78 is 0. The number of halogens is 2. The molecule has 1 fully saturated rings. The number of nitrogens with one attached hydrogen (secondary N) is 1. The van der Waals surface area contributed by atoms with Crippen molar-refractivity contribution in [2.24, 2.45) is 5.10 Å². The second kappa shape index (κ2) is 9.13. The maximum atomic E-state index is 11.9. The second-order valence-electron chi connectivity index (χ2n) is 5.48. The van der Waals surface area contributed by atoms with Gasteiger partial charge in [0.1, 0.15) is 0 Å². The standard InChI is InChI=1S/C16H21Cl2N3O/c17-14-8-6-7-13(16(14)18)11-19-20-15(22)12-21-9-4-2-1-3-5-10-21/h6-8,11H,1-5,9-10,12H2,(H,20,22)/b19-11-. The first kappa shape index (κ1) is 17.3. The van der Waals surface area contributed by atoms with Crippen LogP contribution in [-0.2, 0) is 4.79 Å². The Balaban J connectivity index is 1.81.